The first-order valence-corrected chi connectivity index (χ1v) is 9.66. The van der Waals surface area contributed by atoms with Crippen molar-refractivity contribution in [3.63, 3.8) is 0 Å². The van der Waals surface area contributed by atoms with E-state index in [2.05, 4.69) is 20.6 Å². The van der Waals surface area contributed by atoms with Crippen LogP contribution >= 0.6 is 11.8 Å². The van der Waals surface area contributed by atoms with E-state index in [0.717, 1.165) is 17.0 Å². The lowest BCUT2D eigenvalue weighted by Gasteiger charge is -2.06. The molecule has 0 aliphatic carbocycles. The maximum absolute atomic E-state index is 13.2. The summed E-state index contributed by atoms with van der Waals surface area (Å²) in [6.07, 6.45) is 0. The third-order valence-electron chi connectivity index (χ3n) is 4.04. The van der Waals surface area contributed by atoms with Crippen LogP contribution in [0.25, 0.3) is 16.9 Å². The number of nitrogens with zero attached hydrogens (tertiary/aromatic N) is 4. The second-order valence-electron chi connectivity index (χ2n) is 6.05. The molecule has 0 aliphatic rings. The van der Waals surface area contributed by atoms with Gasteiger partial charge in [-0.05, 0) is 42.5 Å². The Balaban J connectivity index is 1.51. The minimum absolute atomic E-state index is 0.0857. The Bertz CT molecular complexity index is 1180. The predicted molar refractivity (Wildman–Crippen MR) is 109 cm³/mol. The Morgan fingerprint density at radius 3 is 2.83 bits per heavy atom. The Labute approximate surface area is 169 Å². The van der Waals surface area contributed by atoms with Gasteiger partial charge in [0.15, 0.2) is 5.65 Å². The molecule has 0 unspecified atom stereocenters. The van der Waals surface area contributed by atoms with E-state index < -0.39 is 5.82 Å². The van der Waals surface area contributed by atoms with Gasteiger partial charge in [0.05, 0.1) is 18.6 Å². The van der Waals surface area contributed by atoms with Crippen LogP contribution in [0, 0.1) is 5.82 Å². The third-order valence-corrected chi connectivity index (χ3v) is 4.96. The van der Waals surface area contributed by atoms with E-state index in [1.165, 1.54) is 30.0 Å². The number of rotatable bonds is 6. The third kappa shape index (κ3) is 4.35. The first-order valence-electron chi connectivity index (χ1n) is 8.67. The molecule has 0 radical (unpaired) electrons. The second kappa shape index (κ2) is 8.27. The van der Waals surface area contributed by atoms with Gasteiger partial charge in [-0.1, -0.05) is 30.0 Å². The molecule has 1 N–H and O–H groups in total. The molecule has 1 amide bonds. The summed E-state index contributed by atoms with van der Waals surface area (Å²) in [6, 6.07) is 17.0. The lowest BCUT2D eigenvalue weighted by atomic mass is 10.1. The van der Waals surface area contributed by atoms with E-state index in [1.807, 2.05) is 36.4 Å². The normalized spacial score (nSPS) is 10.8. The van der Waals surface area contributed by atoms with Crippen LogP contribution in [0.3, 0.4) is 0 Å². The molecule has 0 saturated carbocycles. The summed E-state index contributed by atoms with van der Waals surface area (Å²) in [4.78, 5) is 12.2. The van der Waals surface area contributed by atoms with E-state index in [0.29, 0.717) is 16.5 Å². The SMILES string of the molecule is COc1cccc(-c2ccc3nnc(SCC(=O)Nc4cccc(F)c4)n3n2)c1. The number of ether oxygens (including phenoxy) is 1. The highest BCUT2D eigenvalue weighted by Crippen LogP contribution is 2.24. The van der Waals surface area contributed by atoms with Gasteiger partial charge in [-0.2, -0.15) is 9.61 Å². The average molecular weight is 409 g/mol. The molecule has 146 valence electrons. The highest BCUT2D eigenvalue weighted by molar-refractivity contribution is 7.99. The zero-order valence-corrected chi connectivity index (χ0v) is 16.2. The average Bonchev–Trinajstić information content (AvgIpc) is 3.14. The second-order valence-corrected chi connectivity index (χ2v) is 6.99. The standard InChI is InChI=1S/C20H16FN5O2S/c1-28-16-7-2-4-13(10-16)17-8-9-18-23-24-20(26(18)25-17)29-12-19(27)22-15-6-3-5-14(21)11-15/h2-11H,12H2,1H3,(H,22,27). The number of carbonyl (C=O) groups excluding carboxylic acids is 1. The van der Waals surface area contributed by atoms with Gasteiger partial charge in [0, 0.05) is 11.3 Å². The van der Waals surface area contributed by atoms with Crippen molar-refractivity contribution in [2.45, 2.75) is 5.16 Å². The van der Waals surface area contributed by atoms with Gasteiger partial charge >= 0.3 is 0 Å². The van der Waals surface area contributed by atoms with Crippen LogP contribution in [-0.2, 0) is 4.79 Å². The van der Waals surface area contributed by atoms with Gasteiger partial charge < -0.3 is 10.1 Å². The molecular weight excluding hydrogens is 393 g/mol. The molecule has 4 rings (SSSR count). The van der Waals surface area contributed by atoms with Gasteiger partial charge in [0.2, 0.25) is 11.1 Å². The zero-order chi connectivity index (χ0) is 20.2. The molecule has 2 heterocycles. The summed E-state index contributed by atoms with van der Waals surface area (Å²) in [7, 11) is 1.61. The fourth-order valence-electron chi connectivity index (χ4n) is 2.69. The van der Waals surface area contributed by atoms with Crippen molar-refractivity contribution in [3.8, 4) is 17.0 Å². The van der Waals surface area contributed by atoms with Crippen molar-refractivity contribution in [1.82, 2.24) is 19.8 Å². The van der Waals surface area contributed by atoms with Crippen molar-refractivity contribution < 1.29 is 13.9 Å². The Morgan fingerprint density at radius 2 is 2.00 bits per heavy atom. The molecule has 0 bridgehead atoms. The molecule has 0 saturated heterocycles. The summed E-state index contributed by atoms with van der Waals surface area (Å²) in [6.45, 7) is 0. The molecule has 2 aromatic heterocycles. The molecule has 7 nitrogen and oxygen atoms in total. The first kappa shape index (κ1) is 18.9. The van der Waals surface area contributed by atoms with Crippen LogP contribution in [0.1, 0.15) is 0 Å². The van der Waals surface area contributed by atoms with Crippen molar-refractivity contribution in [1.29, 1.82) is 0 Å². The van der Waals surface area contributed by atoms with Crippen LogP contribution < -0.4 is 10.1 Å². The minimum atomic E-state index is -0.409. The van der Waals surface area contributed by atoms with Gasteiger partial charge in [-0.3, -0.25) is 4.79 Å². The zero-order valence-electron chi connectivity index (χ0n) is 15.4. The Hall–Kier alpha value is -3.46. The van der Waals surface area contributed by atoms with E-state index in [1.54, 1.807) is 17.7 Å². The van der Waals surface area contributed by atoms with E-state index >= 15 is 0 Å². The topological polar surface area (TPSA) is 81.4 Å². The molecule has 0 aliphatic heterocycles. The highest BCUT2D eigenvalue weighted by atomic mass is 32.2. The lowest BCUT2D eigenvalue weighted by molar-refractivity contribution is -0.113. The number of nitrogens with one attached hydrogen (secondary N) is 1. The molecule has 2 aromatic carbocycles. The number of aromatic nitrogens is 4. The number of anilines is 1. The summed E-state index contributed by atoms with van der Waals surface area (Å²) < 4.78 is 20.1. The maximum atomic E-state index is 13.2. The Kier molecular flexibility index (Phi) is 5.39. The van der Waals surface area contributed by atoms with Gasteiger partial charge in [0.1, 0.15) is 11.6 Å². The Morgan fingerprint density at radius 1 is 1.14 bits per heavy atom. The van der Waals surface area contributed by atoms with Crippen molar-refractivity contribution >= 4 is 29.0 Å². The summed E-state index contributed by atoms with van der Waals surface area (Å²) in [5.41, 5.74) is 2.59. The number of amides is 1. The molecule has 9 heteroatoms. The highest BCUT2D eigenvalue weighted by Gasteiger charge is 2.12. The molecule has 0 fully saturated rings. The number of hydrogen-bond donors (Lipinski definition) is 1. The summed E-state index contributed by atoms with van der Waals surface area (Å²) in [5, 5.41) is 15.9. The van der Waals surface area contributed by atoms with Crippen molar-refractivity contribution in [3.05, 3.63) is 66.5 Å². The summed E-state index contributed by atoms with van der Waals surface area (Å²) in [5.74, 6) is 0.133. The van der Waals surface area contributed by atoms with Gasteiger partial charge in [0.25, 0.3) is 0 Å². The summed E-state index contributed by atoms with van der Waals surface area (Å²) >= 11 is 1.20. The molecular formula is C20H16FN5O2S. The van der Waals surface area contributed by atoms with Gasteiger partial charge in [-0.25, -0.2) is 4.39 Å². The number of benzene rings is 2. The lowest BCUT2D eigenvalue weighted by Crippen LogP contribution is -2.14. The quantitative estimate of drug-likeness (QED) is 0.490. The number of halogens is 1. The van der Waals surface area contributed by atoms with Crippen molar-refractivity contribution in [2.75, 3.05) is 18.2 Å². The number of thioether (sulfide) groups is 1. The molecule has 0 spiro atoms. The van der Waals surface area contributed by atoms with Crippen LogP contribution in [-0.4, -0.2) is 38.6 Å². The van der Waals surface area contributed by atoms with Crippen molar-refractivity contribution in [2.24, 2.45) is 0 Å². The number of carbonyl (C=O) groups is 1. The monoisotopic (exact) mass is 409 g/mol. The van der Waals surface area contributed by atoms with E-state index in [4.69, 9.17) is 4.74 Å². The number of methoxy groups -OCH3 is 1. The van der Waals surface area contributed by atoms with E-state index in [9.17, 15) is 9.18 Å². The van der Waals surface area contributed by atoms with Crippen LogP contribution in [0.2, 0.25) is 0 Å². The fourth-order valence-corrected chi connectivity index (χ4v) is 3.38. The molecule has 29 heavy (non-hydrogen) atoms. The number of fused-ring (bicyclic) bond motifs is 1. The molecule has 0 atom stereocenters. The maximum Gasteiger partial charge on any atom is 0.234 e. The van der Waals surface area contributed by atoms with Crippen LogP contribution in [0.5, 0.6) is 5.75 Å². The van der Waals surface area contributed by atoms with Gasteiger partial charge in [-0.15, -0.1) is 10.2 Å². The number of hydrogen-bond acceptors (Lipinski definition) is 6. The van der Waals surface area contributed by atoms with E-state index in [-0.39, 0.29) is 11.7 Å². The predicted octanol–water partition coefficient (Wildman–Crippen LogP) is 3.67. The minimum Gasteiger partial charge on any atom is -0.497 e. The van der Waals surface area contributed by atoms with Crippen LogP contribution in [0.15, 0.2) is 65.8 Å². The van der Waals surface area contributed by atoms with Crippen LogP contribution in [0.4, 0.5) is 10.1 Å². The molecule has 4 aromatic rings. The largest absolute Gasteiger partial charge is 0.497 e. The smallest absolute Gasteiger partial charge is 0.234 e. The fraction of sp³-hybridized carbons (Fsp3) is 0.100. The first-order chi connectivity index (χ1) is 14.1.